The van der Waals surface area contributed by atoms with E-state index < -0.39 is 0 Å². The number of piperidine rings is 1. The van der Waals surface area contributed by atoms with Crippen molar-refractivity contribution in [2.75, 3.05) is 42.6 Å². The molecule has 0 spiro atoms. The van der Waals surface area contributed by atoms with Gasteiger partial charge in [-0.25, -0.2) is 9.37 Å². The van der Waals surface area contributed by atoms with Crippen molar-refractivity contribution < 1.29 is 13.9 Å². The Kier molecular flexibility index (Phi) is 6.30. The summed E-state index contributed by atoms with van der Waals surface area (Å²) in [6, 6.07) is 9.05. The fourth-order valence-electron chi connectivity index (χ4n) is 4.46. The molecule has 0 bridgehead atoms. The third-order valence-corrected chi connectivity index (χ3v) is 6.18. The minimum atomic E-state index is -0.210. The highest BCUT2D eigenvalue weighted by molar-refractivity contribution is 5.52. The first-order valence-electron chi connectivity index (χ1n) is 11.1. The Morgan fingerprint density at radius 3 is 2.57 bits per heavy atom. The van der Waals surface area contributed by atoms with E-state index in [0.717, 1.165) is 38.5 Å². The summed E-state index contributed by atoms with van der Waals surface area (Å²) in [7, 11) is 0. The van der Waals surface area contributed by atoms with Crippen molar-refractivity contribution in [3.8, 4) is 11.6 Å². The van der Waals surface area contributed by atoms with Gasteiger partial charge < -0.3 is 19.3 Å². The molecule has 3 heterocycles. The Bertz CT molecular complexity index is 845. The number of hydrogen-bond donors (Lipinski definition) is 0. The van der Waals surface area contributed by atoms with Crippen LogP contribution in [0.2, 0.25) is 0 Å². The van der Waals surface area contributed by atoms with E-state index in [2.05, 4.69) is 34.7 Å². The van der Waals surface area contributed by atoms with Gasteiger partial charge in [-0.1, -0.05) is 13.8 Å². The van der Waals surface area contributed by atoms with Gasteiger partial charge in [0.15, 0.2) is 0 Å². The van der Waals surface area contributed by atoms with E-state index >= 15 is 0 Å². The molecule has 2 aliphatic heterocycles. The van der Waals surface area contributed by atoms with Crippen molar-refractivity contribution in [1.82, 2.24) is 4.98 Å². The first-order chi connectivity index (χ1) is 14.5. The zero-order chi connectivity index (χ0) is 21.1. The molecule has 0 saturated carbocycles. The van der Waals surface area contributed by atoms with Crippen molar-refractivity contribution >= 4 is 11.4 Å². The van der Waals surface area contributed by atoms with Crippen LogP contribution in [0.15, 0.2) is 36.5 Å². The predicted molar refractivity (Wildman–Crippen MR) is 118 cm³/mol. The highest BCUT2D eigenvalue weighted by Crippen LogP contribution is 2.31. The largest absolute Gasteiger partial charge is 0.494 e. The summed E-state index contributed by atoms with van der Waals surface area (Å²) in [4.78, 5) is 9.02. The topological polar surface area (TPSA) is 37.8 Å². The van der Waals surface area contributed by atoms with Gasteiger partial charge in [0.05, 0.1) is 24.2 Å². The first-order valence-corrected chi connectivity index (χ1v) is 11.1. The number of rotatable bonds is 6. The van der Waals surface area contributed by atoms with Crippen LogP contribution in [0.25, 0.3) is 0 Å². The number of benzene rings is 1. The highest BCUT2D eigenvalue weighted by atomic mass is 19.1. The Balaban J connectivity index is 1.36. The van der Waals surface area contributed by atoms with Crippen LogP contribution in [-0.2, 0) is 0 Å². The Hall–Kier alpha value is -2.50. The van der Waals surface area contributed by atoms with Gasteiger partial charge in [0.2, 0.25) is 5.88 Å². The maximum Gasteiger partial charge on any atom is 0.213 e. The standard InChI is InChI=1S/C24H32FN3O2/c1-4-29-20-6-7-21(25)22(13-20)28-12-10-23(18(3)16-28)30-24-8-5-19(14-26-24)27-11-9-17(2)15-27/h5-8,13-14,17-18,23H,4,9-12,15-16H2,1-3H3. The van der Waals surface area contributed by atoms with Crippen LogP contribution in [0.5, 0.6) is 11.6 Å². The fraction of sp³-hybridized carbons (Fsp3) is 0.542. The summed E-state index contributed by atoms with van der Waals surface area (Å²) in [6.45, 7) is 10.6. The molecule has 2 fully saturated rings. The molecule has 1 aromatic heterocycles. The summed E-state index contributed by atoms with van der Waals surface area (Å²) in [5, 5.41) is 0. The van der Waals surface area contributed by atoms with Gasteiger partial charge in [0, 0.05) is 50.7 Å². The van der Waals surface area contributed by atoms with Crippen LogP contribution in [-0.4, -0.2) is 43.9 Å². The summed E-state index contributed by atoms with van der Waals surface area (Å²) >= 11 is 0. The fourth-order valence-corrected chi connectivity index (χ4v) is 4.46. The van der Waals surface area contributed by atoms with E-state index in [9.17, 15) is 4.39 Å². The Labute approximate surface area is 178 Å². The molecule has 0 N–H and O–H groups in total. The molecule has 0 radical (unpaired) electrons. The average Bonchev–Trinajstić information content (AvgIpc) is 3.18. The molecule has 162 valence electrons. The van der Waals surface area contributed by atoms with Crippen LogP contribution >= 0.6 is 0 Å². The van der Waals surface area contributed by atoms with E-state index in [1.54, 1.807) is 12.1 Å². The normalized spacial score (nSPS) is 24.2. The smallest absolute Gasteiger partial charge is 0.213 e. The second-order valence-electron chi connectivity index (χ2n) is 8.61. The van der Waals surface area contributed by atoms with E-state index in [1.165, 1.54) is 18.2 Å². The molecule has 6 heteroatoms. The molecular formula is C24H32FN3O2. The third kappa shape index (κ3) is 4.63. The summed E-state index contributed by atoms with van der Waals surface area (Å²) < 4.78 is 26.2. The van der Waals surface area contributed by atoms with Crippen LogP contribution in [0.3, 0.4) is 0 Å². The van der Waals surface area contributed by atoms with Gasteiger partial charge in [-0.2, -0.15) is 0 Å². The quantitative estimate of drug-likeness (QED) is 0.683. The predicted octanol–water partition coefficient (Wildman–Crippen LogP) is 4.76. The molecule has 0 aliphatic carbocycles. The number of anilines is 2. The number of nitrogens with zero attached hydrogens (tertiary/aromatic N) is 3. The van der Waals surface area contributed by atoms with Gasteiger partial charge in [0.1, 0.15) is 17.7 Å². The SMILES string of the molecule is CCOc1ccc(F)c(N2CCC(Oc3ccc(N4CCC(C)C4)cn3)C(C)C2)c1. The Morgan fingerprint density at radius 1 is 1.07 bits per heavy atom. The van der Waals surface area contributed by atoms with Crippen LogP contribution in [0.1, 0.15) is 33.6 Å². The number of hydrogen-bond acceptors (Lipinski definition) is 5. The molecular weight excluding hydrogens is 381 g/mol. The summed E-state index contributed by atoms with van der Waals surface area (Å²) in [6.07, 6.45) is 4.06. The summed E-state index contributed by atoms with van der Waals surface area (Å²) in [5.74, 6) is 2.16. The van der Waals surface area contributed by atoms with Gasteiger partial charge in [-0.3, -0.25) is 0 Å². The molecule has 2 aromatic rings. The lowest BCUT2D eigenvalue weighted by atomic mass is 9.96. The second-order valence-corrected chi connectivity index (χ2v) is 8.61. The lowest BCUT2D eigenvalue weighted by Gasteiger charge is -2.38. The van der Waals surface area contributed by atoms with Crippen molar-refractivity contribution in [3.05, 3.63) is 42.3 Å². The number of aromatic nitrogens is 1. The van der Waals surface area contributed by atoms with E-state index in [0.29, 0.717) is 23.9 Å². The summed E-state index contributed by atoms with van der Waals surface area (Å²) in [5.41, 5.74) is 1.77. The van der Waals surface area contributed by atoms with Crippen LogP contribution in [0.4, 0.5) is 15.8 Å². The number of ether oxygens (including phenoxy) is 2. The van der Waals surface area contributed by atoms with Crippen LogP contribution < -0.4 is 19.3 Å². The third-order valence-electron chi connectivity index (χ3n) is 6.18. The molecule has 5 nitrogen and oxygen atoms in total. The molecule has 2 saturated heterocycles. The molecule has 30 heavy (non-hydrogen) atoms. The maximum absolute atomic E-state index is 14.4. The van der Waals surface area contributed by atoms with Crippen molar-refractivity contribution in [2.24, 2.45) is 11.8 Å². The minimum absolute atomic E-state index is 0.0737. The molecule has 0 amide bonds. The zero-order valence-electron chi connectivity index (χ0n) is 18.2. The van der Waals surface area contributed by atoms with E-state index in [-0.39, 0.29) is 17.8 Å². The average molecular weight is 414 g/mol. The molecule has 4 rings (SSSR count). The van der Waals surface area contributed by atoms with E-state index in [4.69, 9.17) is 9.47 Å². The number of pyridine rings is 1. The van der Waals surface area contributed by atoms with E-state index in [1.807, 2.05) is 19.2 Å². The molecule has 3 unspecified atom stereocenters. The van der Waals surface area contributed by atoms with Gasteiger partial charge in [-0.05, 0) is 37.5 Å². The molecule has 3 atom stereocenters. The van der Waals surface area contributed by atoms with Gasteiger partial charge in [-0.15, -0.1) is 0 Å². The van der Waals surface area contributed by atoms with Crippen molar-refractivity contribution in [3.63, 3.8) is 0 Å². The maximum atomic E-state index is 14.4. The Morgan fingerprint density at radius 2 is 1.90 bits per heavy atom. The molecule has 2 aliphatic rings. The van der Waals surface area contributed by atoms with Crippen molar-refractivity contribution in [1.29, 1.82) is 0 Å². The van der Waals surface area contributed by atoms with Gasteiger partial charge >= 0.3 is 0 Å². The minimum Gasteiger partial charge on any atom is -0.494 e. The molecule has 1 aromatic carbocycles. The van der Waals surface area contributed by atoms with Crippen molar-refractivity contribution in [2.45, 2.75) is 39.7 Å². The monoisotopic (exact) mass is 413 g/mol. The first kappa shape index (κ1) is 20.8. The highest BCUT2D eigenvalue weighted by Gasteiger charge is 2.29. The van der Waals surface area contributed by atoms with Gasteiger partial charge in [0.25, 0.3) is 0 Å². The lowest BCUT2D eigenvalue weighted by Crippen LogP contribution is -2.44. The van der Waals surface area contributed by atoms with Crippen LogP contribution in [0, 0.1) is 17.7 Å². The second kappa shape index (κ2) is 9.11. The number of halogens is 1. The zero-order valence-corrected chi connectivity index (χ0v) is 18.2. The lowest BCUT2D eigenvalue weighted by molar-refractivity contribution is 0.116.